The molecule has 1 atom stereocenters. The van der Waals surface area contributed by atoms with Gasteiger partial charge in [0, 0.05) is 39.3 Å². The molecule has 1 saturated heterocycles. The van der Waals surface area contributed by atoms with E-state index in [0.29, 0.717) is 18.4 Å². The molecule has 3 heteroatoms. The molecule has 0 amide bonds. The maximum atomic E-state index is 9.32. The van der Waals surface area contributed by atoms with Crippen molar-refractivity contribution in [3.05, 3.63) is 0 Å². The molecule has 0 spiro atoms. The summed E-state index contributed by atoms with van der Waals surface area (Å²) in [5.74, 6) is 1.16. The molecule has 1 heterocycles. The van der Waals surface area contributed by atoms with Gasteiger partial charge in [0.2, 0.25) is 0 Å². The highest BCUT2D eigenvalue weighted by atomic mass is 16.3. The number of aliphatic hydroxyl groups excluding tert-OH is 1. The van der Waals surface area contributed by atoms with Gasteiger partial charge in [0.05, 0.1) is 0 Å². The van der Waals surface area contributed by atoms with Crippen molar-refractivity contribution in [2.45, 2.75) is 20.3 Å². The second kappa shape index (κ2) is 6.46. The summed E-state index contributed by atoms with van der Waals surface area (Å²) in [6.07, 6.45) is 1.14. The fraction of sp³-hybridized carbons (Fsp3) is 1.00. The molecule has 15 heavy (non-hydrogen) atoms. The van der Waals surface area contributed by atoms with Gasteiger partial charge < -0.3 is 14.9 Å². The van der Waals surface area contributed by atoms with Crippen LogP contribution < -0.4 is 0 Å². The molecule has 0 aromatic heterocycles. The lowest BCUT2D eigenvalue weighted by Crippen LogP contribution is -2.46. The average Bonchev–Trinajstić information content (AvgIpc) is 2.19. The zero-order valence-corrected chi connectivity index (χ0v) is 10.4. The molecule has 0 saturated carbocycles. The SMILES string of the molecule is CC(C)CC(CO)CN1CCN(C)CC1. The lowest BCUT2D eigenvalue weighted by atomic mass is 9.97. The first-order valence-electron chi connectivity index (χ1n) is 6.13. The Balaban J connectivity index is 2.25. The van der Waals surface area contributed by atoms with Crippen molar-refractivity contribution >= 4 is 0 Å². The monoisotopic (exact) mass is 214 g/mol. The lowest BCUT2D eigenvalue weighted by Gasteiger charge is -2.34. The van der Waals surface area contributed by atoms with Crippen LogP contribution in [0.4, 0.5) is 0 Å². The van der Waals surface area contributed by atoms with Crippen LogP contribution in [0.15, 0.2) is 0 Å². The van der Waals surface area contributed by atoms with E-state index in [-0.39, 0.29) is 0 Å². The van der Waals surface area contributed by atoms with Crippen molar-refractivity contribution in [3.63, 3.8) is 0 Å². The zero-order valence-electron chi connectivity index (χ0n) is 10.4. The van der Waals surface area contributed by atoms with Crippen LogP contribution in [-0.4, -0.2) is 61.3 Å². The van der Waals surface area contributed by atoms with Gasteiger partial charge in [-0.05, 0) is 25.3 Å². The van der Waals surface area contributed by atoms with Crippen molar-refractivity contribution in [3.8, 4) is 0 Å². The maximum absolute atomic E-state index is 9.32. The topological polar surface area (TPSA) is 26.7 Å². The van der Waals surface area contributed by atoms with E-state index in [1.54, 1.807) is 0 Å². The molecule has 1 rings (SSSR count). The van der Waals surface area contributed by atoms with Crippen LogP contribution in [0.3, 0.4) is 0 Å². The summed E-state index contributed by atoms with van der Waals surface area (Å²) in [5, 5.41) is 9.32. The molecule has 0 bridgehead atoms. The predicted molar refractivity (Wildman–Crippen MR) is 64.0 cm³/mol. The molecular formula is C12H26N2O. The van der Waals surface area contributed by atoms with Crippen LogP contribution in [0.1, 0.15) is 20.3 Å². The van der Waals surface area contributed by atoms with Crippen LogP contribution in [0.25, 0.3) is 0 Å². The van der Waals surface area contributed by atoms with Gasteiger partial charge in [0.15, 0.2) is 0 Å². The average molecular weight is 214 g/mol. The van der Waals surface area contributed by atoms with Crippen LogP contribution >= 0.6 is 0 Å². The molecule has 0 aromatic carbocycles. The van der Waals surface area contributed by atoms with E-state index in [1.165, 1.54) is 13.1 Å². The smallest absolute Gasteiger partial charge is 0.0471 e. The number of rotatable bonds is 5. The Morgan fingerprint density at radius 1 is 1.13 bits per heavy atom. The van der Waals surface area contributed by atoms with Crippen molar-refractivity contribution in [1.82, 2.24) is 9.80 Å². The third-order valence-corrected chi connectivity index (χ3v) is 3.18. The van der Waals surface area contributed by atoms with Crippen LogP contribution in [0.2, 0.25) is 0 Å². The highest BCUT2D eigenvalue weighted by Gasteiger charge is 2.18. The summed E-state index contributed by atoms with van der Waals surface area (Å²) in [6, 6.07) is 0. The van der Waals surface area contributed by atoms with Crippen LogP contribution in [0.5, 0.6) is 0 Å². The molecule has 0 aromatic rings. The third kappa shape index (κ3) is 4.96. The van der Waals surface area contributed by atoms with Gasteiger partial charge in [-0.3, -0.25) is 0 Å². The normalized spacial score (nSPS) is 22.2. The molecule has 1 N–H and O–H groups in total. The first-order chi connectivity index (χ1) is 7.11. The fourth-order valence-corrected chi connectivity index (χ4v) is 2.27. The number of likely N-dealkylation sites (N-methyl/N-ethyl adjacent to an activating group) is 1. The fourth-order valence-electron chi connectivity index (χ4n) is 2.27. The summed E-state index contributed by atoms with van der Waals surface area (Å²) in [4.78, 5) is 4.86. The highest BCUT2D eigenvalue weighted by Crippen LogP contribution is 2.13. The molecule has 90 valence electrons. The van der Waals surface area contributed by atoms with E-state index in [1.807, 2.05) is 0 Å². The number of hydrogen-bond acceptors (Lipinski definition) is 3. The second-order valence-corrected chi connectivity index (χ2v) is 5.28. The maximum Gasteiger partial charge on any atom is 0.0471 e. The Bertz CT molecular complexity index is 165. The van der Waals surface area contributed by atoms with Gasteiger partial charge in [-0.2, -0.15) is 0 Å². The second-order valence-electron chi connectivity index (χ2n) is 5.28. The highest BCUT2D eigenvalue weighted by molar-refractivity contribution is 4.73. The Hall–Kier alpha value is -0.120. The van der Waals surface area contributed by atoms with Gasteiger partial charge in [-0.1, -0.05) is 13.8 Å². The minimum Gasteiger partial charge on any atom is -0.396 e. The van der Waals surface area contributed by atoms with E-state index in [9.17, 15) is 5.11 Å². The Kier molecular flexibility index (Phi) is 5.58. The van der Waals surface area contributed by atoms with Crippen molar-refractivity contribution in [1.29, 1.82) is 0 Å². The van der Waals surface area contributed by atoms with E-state index >= 15 is 0 Å². The molecule has 1 aliphatic heterocycles. The van der Waals surface area contributed by atoms with E-state index in [0.717, 1.165) is 26.1 Å². The molecule has 1 unspecified atom stereocenters. The standard InChI is InChI=1S/C12H26N2O/c1-11(2)8-12(10-15)9-14-6-4-13(3)5-7-14/h11-12,15H,4-10H2,1-3H3. The summed E-state index contributed by atoms with van der Waals surface area (Å²) < 4.78 is 0. The van der Waals surface area contributed by atoms with Gasteiger partial charge >= 0.3 is 0 Å². The summed E-state index contributed by atoms with van der Waals surface area (Å²) in [5.41, 5.74) is 0. The number of piperazine rings is 1. The Morgan fingerprint density at radius 2 is 1.73 bits per heavy atom. The molecule has 0 aliphatic carbocycles. The molecule has 1 fully saturated rings. The van der Waals surface area contributed by atoms with Crippen molar-refractivity contribution < 1.29 is 5.11 Å². The van der Waals surface area contributed by atoms with E-state index in [2.05, 4.69) is 30.7 Å². The van der Waals surface area contributed by atoms with Gasteiger partial charge in [0.1, 0.15) is 0 Å². The molecule has 3 nitrogen and oxygen atoms in total. The third-order valence-electron chi connectivity index (χ3n) is 3.18. The van der Waals surface area contributed by atoms with Gasteiger partial charge in [-0.15, -0.1) is 0 Å². The molecular weight excluding hydrogens is 188 g/mol. The first kappa shape index (κ1) is 12.9. The Labute approximate surface area is 94.1 Å². The largest absolute Gasteiger partial charge is 0.396 e. The predicted octanol–water partition coefficient (Wildman–Crippen LogP) is 0.888. The first-order valence-corrected chi connectivity index (χ1v) is 6.13. The van der Waals surface area contributed by atoms with Gasteiger partial charge in [0.25, 0.3) is 0 Å². The summed E-state index contributed by atoms with van der Waals surface area (Å²) in [6.45, 7) is 10.5. The number of aliphatic hydroxyl groups is 1. The summed E-state index contributed by atoms with van der Waals surface area (Å²) >= 11 is 0. The van der Waals surface area contributed by atoms with E-state index in [4.69, 9.17) is 0 Å². The van der Waals surface area contributed by atoms with E-state index < -0.39 is 0 Å². The van der Waals surface area contributed by atoms with Crippen LogP contribution in [0, 0.1) is 11.8 Å². The van der Waals surface area contributed by atoms with Crippen LogP contribution in [-0.2, 0) is 0 Å². The number of nitrogens with zero attached hydrogens (tertiary/aromatic N) is 2. The van der Waals surface area contributed by atoms with Crippen molar-refractivity contribution in [2.24, 2.45) is 11.8 Å². The van der Waals surface area contributed by atoms with Gasteiger partial charge in [-0.25, -0.2) is 0 Å². The molecule has 0 radical (unpaired) electrons. The minimum absolute atomic E-state index is 0.338. The number of hydrogen-bond donors (Lipinski definition) is 1. The van der Waals surface area contributed by atoms with Crippen molar-refractivity contribution in [2.75, 3.05) is 46.4 Å². The minimum atomic E-state index is 0.338. The zero-order chi connectivity index (χ0) is 11.3. The quantitative estimate of drug-likeness (QED) is 0.736. The summed E-state index contributed by atoms with van der Waals surface area (Å²) in [7, 11) is 2.18. The molecule has 1 aliphatic rings. The lowest BCUT2D eigenvalue weighted by molar-refractivity contribution is 0.105. The Morgan fingerprint density at radius 3 is 2.20 bits per heavy atom.